The Kier molecular flexibility index (Phi) is 4.67. The van der Waals surface area contributed by atoms with Crippen LogP contribution in [-0.4, -0.2) is 25.1 Å². The van der Waals surface area contributed by atoms with E-state index in [0.717, 1.165) is 22.2 Å². The Morgan fingerprint density at radius 2 is 2.00 bits per heavy atom. The Morgan fingerprint density at radius 3 is 2.65 bits per heavy atom. The van der Waals surface area contributed by atoms with Gasteiger partial charge in [-0.2, -0.15) is 13.1 Å². The van der Waals surface area contributed by atoms with E-state index in [1.54, 1.807) is 20.8 Å². The molecule has 1 amide bonds. The smallest absolute Gasteiger partial charge is 0.422 e. The van der Waals surface area contributed by atoms with E-state index in [4.69, 9.17) is 4.74 Å². The molecule has 3 N–H and O–H groups in total. The lowest BCUT2D eigenvalue weighted by Gasteiger charge is -2.19. The van der Waals surface area contributed by atoms with Crippen molar-refractivity contribution in [3.8, 4) is 0 Å². The van der Waals surface area contributed by atoms with E-state index >= 15 is 0 Å². The molecule has 0 aliphatic rings. The van der Waals surface area contributed by atoms with Crippen LogP contribution in [0.15, 0.2) is 24.3 Å². The summed E-state index contributed by atoms with van der Waals surface area (Å²) in [5, 5.41) is 0.935. The van der Waals surface area contributed by atoms with Gasteiger partial charge in [-0.25, -0.2) is 9.52 Å². The predicted molar refractivity (Wildman–Crippen MR) is 88.2 cm³/mol. The van der Waals surface area contributed by atoms with E-state index in [1.807, 2.05) is 35.9 Å². The zero-order valence-corrected chi connectivity index (χ0v) is 14.4. The highest BCUT2D eigenvalue weighted by Crippen LogP contribution is 2.19. The predicted octanol–water partition coefficient (Wildman–Crippen LogP) is 2.34. The third kappa shape index (κ3) is 4.97. The molecule has 0 fully saturated rings. The van der Waals surface area contributed by atoms with E-state index in [-0.39, 0.29) is 6.54 Å². The van der Waals surface area contributed by atoms with E-state index in [0.29, 0.717) is 0 Å². The molecule has 0 aliphatic carbocycles. The number of aryl methyl sites for hydroxylation is 1. The van der Waals surface area contributed by atoms with Gasteiger partial charge in [0, 0.05) is 23.1 Å². The van der Waals surface area contributed by atoms with Crippen LogP contribution in [0, 0.1) is 6.92 Å². The van der Waals surface area contributed by atoms with Gasteiger partial charge in [0.15, 0.2) is 0 Å². The van der Waals surface area contributed by atoms with Crippen LogP contribution in [0.25, 0.3) is 10.9 Å². The van der Waals surface area contributed by atoms with Crippen LogP contribution in [0.5, 0.6) is 0 Å². The average molecular weight is 339 g/mol. The Labute approximate surface area is 135 Å². The topological polar surface area (TPSA) is 100 Å². The molecule has 0 saturated carbocycles. The number of nitrogens with one attached hydrogen (secondary N) is 3. The molecule has 23 heavy (non-hydrogen) atoms. The molecular weight excluding hydrogens is 318 g/mol. The molecule has 1 aromatic carbocycles. The minimum absolute atomic E-state index is 0.0623. The first kappa shape index (κ1) is 17.3. The number of aromatic nitrogens is 1. The highest BCUT2D eigenvalue weighted by Gasteiger charge is 2.21. The summed E-state index contributed by atoms with van der Waals surface area (Å²) < 4.78 is 32.9. The van der Waals surface area contributed by atoms with Gasteiger partial charge in [0.2, 0.25) is 0 Å². The van der Waals surface area contributed by atoms with Gasteiger partial charge in [0.25, 0.3) is 0 Å². The van der Waals surface area contributed by atoms with Crippen molar-refractivity contribution in [1.82, 2.24) is 14.4 Å². The molecular formula is C15H21N3O4S. The normalized spacial score (nSPS) is 12.3. The molecule has 0 aliphatic heterocycles. The first-order chi connectivity index (χ1) is 10.6. The van der Waals surface area contributed by atoms with E-state index in [9.17, 15) is 13.2 Å². The van der Waals surface area contributed by atoms with Crippen LogP contribution >= 0.6 is 0 Å². The van der Waals surface area contributed by atoms with Crippen molar-refractivity contribution in [1.29, 1.82) is 0 Å². The third-order valence-corrected chi connectivity index (χ3v) is 3.92. The van der Waals surface area contributed by atoms with Gasteiger partial charge in [-0.3, -0.25) is 0 Å². The second kappa shape index (κ2) is 6.21. The molecule has 0 unspecified atom stereocenters. The number of aromatic amines is 1. The molecule has 0 bridgehead atoms. The largest absolute Gasteiger partial charge is 0.443 e. The number of hydrogen-bond donors (Lipinski definition) is 3. The Balaban J connectivity index is 2.05. The van der Waals surface area contributed by atoms with Gasteiger partial charge in [-0.15, -0.1) is 0 Å². The van der Waals surface area contributed by atoms with Gasteiger partial charge < -0.3 is 9.72 Å². The fourth-order valence-electron chi connectivity index (χ4n) is 2.13. The van der Waals surface area contributed by atoms with Crippen molar-refractivity contribution in [2.45, 2.75) is 39.8 Å². The van der Waals surface area contributed by atoms with Gasteiger partial charge in [-0.1, -0.05) is 12.1 Å². The van der Waals surface area contributed by atoms with Crippen molar-refractivity contribution < 1.29 is 17.9 Å². The SMILES string of the molecule is Cc1cc2c(CNS(=O)(=O)NC(=O)OC(C)(C)C)cccc2[nH]1. The number of ether oxygens (including phenoxy) is 1. The van der Waals surface area contributed by atoms with Crippen LogP contribution < -0.4 is 9.44 Å². The molecule has 0 atom stereocenters. The molecule has 2 aromatic rings. The number of amides is 1. The summed E-state index contributed by atoms with van der Waals surface area (Å²) in [6.45, 7) is 6.95. The van der Waals surface area contributed by atoms with Crippen LogP contribution in [0.1, 0.15) is 32.0 Å². The monoisotopic (exact) mass is 339 g/mol. The van der Waals surface area contributed by atoms with Crippen molar-refractivity contribution in [2.24, 2.45) is 0 Å². The minimum Gasteiger partial charge on any atom is -0.443 e. The van der Waals surface area contributed by atoms with Crippen LogP contribution in [0.4, 0.5) is 4.79 Å². The Morgan fingerprint density at radius 1 is 1.30 bits per heavy atom. The number of rotatable bonds is 4. The quantitative estimate of drug-likeness (QED) is 0.796. The summed E-state index contributed by atoms with van der Waals surface area (Å²) in [7, 11) is -4.00. The summed E-state index contributed by atoms with van der Waals surface area (Å²) in [6, 6.07) is 7.52. The molecule has 0 saturated heterocycles. The third-order valence-electron chi connectivity index (χ3n) is 2.96. The Hall–Kier alpha value is -2.06. The number of fused-ring (bicyclic) bond motifs is 1. The lowest BCUT2D eigenvalue weighted by atomic mass is 10.1. The van der Waals surface area contributed by atoms with Crippen molar-refractivity contribution in [3.63, 3.8) is 0 Å². The van der Waals surface area contributed by atoms with Crippen molar-refractivity contribution in [3.05, 3.63) is 35.5 Å². The van der Waals surface area contributed by atoms with Crippen molar-refractivity contribution >= 4 is 27.2 Å². The van der Waals surface area contributed by atoms with E-state index in [1.165, 1.54) is 0 Å². The molecule has 0 radical (unpaired) electrons. The molecule has 1 aromatic heterocycles. The van der Waals surface area contributed by atoms with Gasteiger partial charge in [0.05, 0.1) is 0 Å². The van der Waals surface area contributed by atoms with Gasteiger partial charge >= 0.3 is 16.3 Å². The van der Waals surface area contributed by atoms with Crippen LogP contribution in [0.2, 0.25) is 0 Å². The summed E-state index contributed by atoms with van der Waals surface area (Å²) in [6.07, 6.45) is -1.01. The Bertz CT molecular complexity index is 819. The van der Waals surface area contributed by atoms with Crippen LogP contribution in [0.3, 0.4) is 0 Å². The number of benzene rings is 1. The molecule has 7 nitrogen and oxygen atoms in total. The average Bonchev–Trinajstić information content (AvgIpc) is 2.73. The summed E-state index contributed by atoms with van der Waals surface area (Å²) in [5.41, 5.74) is 1.95. The summed E-state index contributed by atoms with van der Waals surface area (Å²) in [4.78, 5) is 14.7. The summed E-state index contributed by atoms with van der Waals surface area (Å²) >= 11 is 0. The van der Waals surface area contributed by atoms with Crippen molar-refractivity contribution in [2.75, 3.05) is 0 Å². The van der Waals surface area contributed by atoms with Gasteiger partial charge in [0.1, 0.15) is 5.60 Å². The maximum Gasteiger partial charge on any atom is 0.422 e. The highest BCUT2D eigenvalue weighted by atomic mass is 32.2. The fraction of sp³-hybridized carbons (Fsp3) is 0.400. The number of hydrogen-bond acceptors (Lipinski definition) is 4. The standard InChI is InChI=1S/C15H21N3O4S/c1-10-8-12-11(6-5-7-13(12)17-10)9-16-23(20,21)18-14(19)22-15(2,3)4/h5-8,16-17H,9H2,1-4H3,(H,18,19). The lowest BCUT2D eigenvalue weighted by molar-refractivity contribution is 0.0569. The summed E-state index contributed by atoms with van der Waals surface area (Å²) in [5.74, 6) is 0. The van der Waals surface area contributed by atoms with Gasteiger partial charge in [-0.05, 0) is 45.4 Å². The highest BCUT2D eigenvalue weighted by molar-refractivity contribution is 7.88. The number of carbonyl (C=O) groups excluding carboxylic acids is 1. The zero-order valence-electron chi connectivity index (χ0n) is 13.6. The number of H-pyrrole nitrogens is 1. The lowest BCUT2D eigenvalue weighted by Crippen LogP contribution is -2.42. The molecule has 1 heterocycles. The first-order valence-corrected chi connectivity index (χ1v) is 8.62. The minimum atomic E-state index is -4.00. The van der Waals surface area contributed by atoms with E-state index in [2.05, 4.69) is 9.71 Å². The molecule has 126 valence electrons. The molecule has 2 rings (SSSR count). The second-order valence-electron chi connectivity index (χ2n) is 6.26. The molecule has 0 spiro atoms. The van der Waals surface area contributed by atoms with Crippen LogP contribution in [-0.2, 0) is 21.5 Å². The zero-order chi connectivity index (χ0) is 17.3. The molecule has 8 heteroatoms. The van der Waals surface area contributed by atoms with E-state index < -0.39 is 21.9 Å². The maximum atomic E-state index is 11.9. The fourth-order valence-corrected chi connectivity index (χ4v) is 2.81. The number of carbonyl (C=O) groups is 1. The maximum absolute atomic E-state index is 11.9. The first-order valence-electron chi connectivity index (χ1n) is 7.13. The second-order valence-corrected chi connectivity index (χ2v) is 7.76.